The van der Waals surface area contributed by atoms with Crippen molar-refractivity contribution in [1.29, 1.82) is 0 Å². The average Bonchev–Trinajstić information content (AvgIpc) is 2.88. The molecule has 112 valence electrons. The molecule has 2 rings (SSSR count). The summed E-state index contributed by atoms with van der Waals surface area (Å²) < 4.78 is 14.5. The lowest BCUT2D eigenvalue weighted by molar-refractivity contribution is -0.121. The molecule has 1 amide bonds. The summed E-state index contributed by atoms with van der Waals surface area (Å²) in [5.74, 6) is 0.175. The van der Waals surface area contributed by atoms with E-state index in [1.54, 1.807) is 29.9 Å². The maximum atomic E-state index is 12.9. The molecule has 2 aromatic rings. The van der Waals surface area contributed by atoms with Crippen molar-refractivity contribution < 1.29 is 14.3 Å². The number of halogens is 1. The van der Waals surface area contributed by atoms with Crippen LogP contribution in [0.4, 0.5) is 4.39 Å². The van der Waals surface area contributed by atoms with E-state index in [0.717, 1.165) is 5.56 Å². The summed E-state index contributed by atoms with van der Waals surface area (Å²) in [7, 11) is 1.56. The average molecular weight is 309 g/mol. The van der Waals surface area contributed by atoms with Gasteiger partial charge in [-0.1, -0.05) is 23.9 Å². The maximum absolute atomic E-state index is 12.9. The first kappa shape index (κ1) is 15.5. The summed E-state index contributed by atoms with van der Waals surface area (Å²) in [6, 6.07) is 6.24. The van der Waals surface area contributed by atoms with Crippen molar-refractivity contribution in [3.05, 3.63) is 47.5 Å². The molecular weight excluding hydrogens is 293 g/mol. The van der Waals surface area contributed by atoms with Crippen LogP contribution in [0.1, 0.15) is 11.3 Å². The SMILES string of the molecule is CNC(=O)Cn1c(CO)cnc1SCc1ccc(F)cc1. The number of rotatable bonds is 6. The standard InChI is InChI=1S/C14H16FN3O2S/c1-16-13(20)7-18-12(8-19)6-17-14(18)21-9-10-2-4-11(15)5-3-10/h2-6,19H,7-9H2,1H3,(H,16,20). The van der Waals surface area contributed by atoms with Crippen LogP contribution in [0.2, 0.25) is 0 Å². The molecule has 1 aromatic heterocycles. The smallest absolute Gasteiger partial charge is 0.239 e. The number of hydrogen-bond donors (Lipinski definition) is 2. The lowest BCUT2D eigenvalue weighted by Crippen LogP contribution is -2.24. The van der Waals surface area contributed by atoms with E-state index in [9.17, 15) is 14.3 Å². The second-order valence-electron chi connectivity index (χ2n) is 4.36. The van der Waals surface area contributed by atoms with Gasteiger partial charge in [0.1, 0.15) is 12.4 Å². The van der Waals surface area contributed by atoms with Gasteiger partial charge in [0.2, 0.25) is 5.91 Å². The molecule has 0 unspecified atom stereocenters. The van der Waals surface area contributed by atoms with Crippen molar-refractivity contribution >= 4 is 17.7 Å². The molecule has 0 bridgehead atoms. The minimum Gasteiger partial charge on any atom is -0.390 e. The van der Waals surface area contributed by atoms with E-state index in [-0.39, 0.29) is 24.9 Å². The van der Waals surface area contributed by atoms with E-state index in [1.807, 2.05) is 0 Å². The van der Waals surface area contributed by atoms with E-state index >= 15 is 0 Å². The van der Waals surface area contributed by atoms with Gasteiger partial charge in [0.15, 0.2) is 5.16 Å². The van der Waals surface area contributed by atoms with Crippen molar-refractivity contribution in [2.75, 3.05) is 7.05 Å². The van der Waals surface area contributed by atoms with Crippen molar-refractivity contribution in [3.63, 3.8) is 0 Å². The van der Waals surface area contributed by atoms with Gasteiger partial charge >= 0.3 is 0 Å². The zero-order chi connectivity index (χ0) is 15.2. The fourth-order valence-corrected chi connectivity index (χ4v) is 2.71. The first-order chi connectivity index (χ1) is 10.1. The molecule has 0 fully saturated rings. The number of nitrogens with one attached hydrogen (secondary N) is 1. The highest BCUT2D eigenvalue weighted by molar-refractivity contribution is 7.98. The van der Waals surface area contributed by atoms with Crippen molar-refractivity contribution in [2.45, 2.75) is 24.1 Å². The number of carbonyl (C=O) groups excluding carboxylic acids is 1. The minimum atomic E-state index is -0.271. The highest BCUT2D eigenvalue weighted by atomic mass is 32.2. The molecule has 1 aromatic carbocycles. The van der Waals surface area contributed by atoms with E-state index in [1.165, 1.54) is 23.9 Å². The fourth-order valence-electron chi connectivity index (χ4n) is 1.75. The molecule has 0 spiro atoms. The molecule has 1 heterocycles. The fraction of sp³-hybridized carbons (Fsp3) is 0.286. The van der Waals surface area contributed by atoms with Gasteiger partial charge in [-0.2, -0.15) is 0 Å². The molecule has 0 radical (unpaired) electrons. The van der Waals surface area contributed by atoms with Crippen LogP contribution in [0, 0.1) is 5.82 Å². The number of aliphatic hydroxyl groups is 1. The molecule has 0 aliphatic heterocycles. The molecule has 0 aliphatic rings. The molecular formula is C14H16FN3O2S. The van der Waals surface area contributed by atoms with Gasteiger partial charge in [0.25, 0.3) is 0 Å². The van der Waals surface area contributed by atoms with Gasteiger partial charge in [-0.05, 0) is 17.7 Å². The van der Waals surface area contributed by atoms with Crippen molar-refractivity contribution in [2.24, 2.45) is 0 Å². The van der Waals surface area contributed by atoms with Gasteiger partial charge in [0.05, 0.1) is 18.5 Å². The Morgan fingerprint density at radius 2 is 2.14 bits per heavy atom. The Hall–Kier alpha value is -1.86. The third-order valence-corrected chi connectivity index (χ3v) is 3.99. The molecule has 21 heavy (non-hydrogen) atoms. The Kier molecular flexibility index (Phi) is 5.35. The minimum absolute atomic E-state index is 0.109. The van der Waals surface area contributed by atoms with Crippen molar-refractivity contribution in [1.82, 2.24) is 14.9 Å². The number of thioether (sulfide) groups is 1. The number of aromatic nitrogens is 2. The van der Waals surface area contributed by atoms with Gasteiger partial charge in [-0.25, -0.2) is 9.37 Å². The first-order valence-corrected chi connectivity index (χ1v) is 7.35. The lowest BCUT2D eigenvalue weighted by atomic mass is 10.2. The van der Waals surface area contributed by atoms with Gasteiger partial charge < -0.3 is 15.0 Å². The van der Waals surface area contributed by atoms with E-state index < -0.39 is 0 Å². The molecule has 0 saturated carbocycles. The molecule has 0 aliphatic carbocycles. The third-order valence-electron chi connectivity index (χ3n) is 2.93. The zero-order valence-corrected chi connectivity index (χ0v) is 12.4. The largest absolute Gasteiger partial charge is 0.390 e. The van der Waals surface area contributed by atoms with Gasteiger partial charge in [0, 0.05) is 12.8 Å². The summed E-state index contributed by atoms with van der Waals surface area (Å²) in [6.45, 7) is -0.0702. The Morgan fingerprint density at radius 1 is 1.43 bits per heavy atom. The Balaban J connectivity index is 2.10. The van der Waals surface area contributed by atoms with Crippen LogP contribution >= 0.6 is 11.8 Å². The number of amides is 1. The Labute approximate surface area is 126 Å². The summed E-state index contributed by atoms with van der Waals surface area (Å²) in [4.78, 5) is 15.7. The van der Waals surface area contributed by atoms with Crippen LogP contribution in [0.15, 0.2) is 35.6 Å². The normalized spacial score (nSPS) is 10.6. The number of hydrogen-bond acceptors (Lipinski definition) is 4. The van der Waals surface area contributed by atoms with E-state index in [2.05, 4.69) is 10.3 Å². The molecule has 0 atom stereocenters. The lowest BCUT2D eigenvalue weighted by Gasteiger charge is -2.09. The summed E-state index contributed by atoms with van der Waals surface area (Å²) >= 11 is 1.43. The predicted octanol–water partition coefficient (Wildman–Crippen LogP) is 1.55. The number of likely N-dealkylation sites (N-methyl/N-ethyl adjacent to an activating group) is 1. The third kappa shape index (κ3) is 4.05. The zero-order valence-electron chi connectivity index (χ0n) is 11.5. The second kappa shape index (κ2) is 7.24. The maximum Gasteiger partial charge on any atom is 0.239 e. The molecule has 7 heteroatoms. The highest BCUT2D eigenvalue weighted by Gasteiger charge is 2.12. The second-order valence-corrected chi connectivity index (χ2v) is 5.31. The van der Waals surface area contributed by atoms with Crippen LogP contribution in [0.25, 0.3) is 0 Å². The summed E-state index contributed by atoms with van der Waals surface area (Å²) in [5, 5.41) is 12.5. The molecule has 5 nitrogen and oxygen atoms in total. The number of benzene rings is 1. The van der Waals surface area contributed by atoms with Crippen LogP contribution in [-0.2, 0) is 23.7 Å². The predicted molar refractivity (Wildman–Crippen MR) is 78.2 cm³/mol. The van der Waals surface area contributed by atoms with Crippen LogP contribution in [0.5, 0.6) is 0 Å². The molecule has 2 N–H and O–H groups in total. The topological polar surface area (TPSA) is 67.2 Å². The summed E-state index contributed by atoms with van der Waals surface area (Å²) in [6.07, 6.45) is 1.55. The van der Waals surface area contributed by atoms with Crippen molar-refractivity contribution in [3.8, 4) is 0 Å². The number of aliphatic hydroxyl groups excluding tert-OH is 1. The van der Waals surface area contributed by atoms with Gasteiger partial charge in [-0.15, -0.1) is 0 Å². The van der Waals surface area contributed by atoms with Crippen LogP contribution in [-0.4, -0.2) is 27.6 Å². The number of carbonyl (C=O) groups is 1. The first-order valence-electron chi connectivity index (χ1n) is 6.37. The van der Waals surface area contributed by atoms with E-state index in [0.29, 0.717) is 16.6 Å². The Bertz CT molecular complexity index is 613. The number of imidazole rings is 1. The highest BCUT2D eigenvalue weighted by Crippen LogP contribution is 2.23. The van der Waals surface area contributed by atoms with Gasteiger partial charge in [-0.3, -0.25) is 4.79 Å². The monoisotopic (exact) mass is 309 g/mol. The Morgan fingerprint density at radius 3 is 2.76 bits per heavy atom. The van der Waals surface area contributed by atoms with Crippen LogP contribution in [0.3, 0.4) is 0 Å². The summed E-state index contributed by atoms with van der Waals surface area (Å²) in [5.41, 5.74) is 1.54. The quantitative estimate of drug-likeness (QED) is 0.795. The van der Waals surface area contributed by atoms with Crippen LogP contribution < -0.4 is 5.32 Å². The number of nitrogens with zero attached hydrogens (tertiary/aromatic N) is 2. The van der Waals surface area contributed by atoms with E-state index in [4.69, 9.17) is 0 Å². The molecule has 0 saturated heterocycles.